The number of halogens is 1. The second kappa shape index (κ2) is 9.59. The van der Waals surface area contributed by atoms with Crippen LogP contribution in [0.15, 0.2) is 48.5 Å². The van der Waals surface area contributed by atoms with E-state index in [1.54, 1.807) is 43.1 Å². The monoisotopic (exact) mass is 420 g/mol. The number of amides is 2. The number of ether oxygens (including phenoxy) is 1. The van der Waals surface area contributed by atoms with E-state index in [-0.39, 0.29) is 6.03 Å². The minimum Gasteiger partial charge on any atom is -0.497 e. The first kappa shape index (κ1) is 19.5. The van der Waals surface area contributed by atoms with E-state index in [1.807, 2.05) is 24.3 Å². The molecule has 0 bridgehead atoms. The highest BCUT2D eigenvalue weighted by molar-refractivity contribution is 7.97. The largest absolute Gasteiger partial charge is 0.497 e. The standard InChI is InChI=1S/C18H17ClN4O2S2/c1-25-14-7-4-6-13(9-14)20-17(24)21-18-23-22-16(27-18)11-26-10-12-5-2-3-8-15(12)19/h2-9H,10-11H2,1H3,(H2,20,21,23,24). The summed E-state index contributed by atoms with van der Waals surface area (Å²) in [7, 11) is 1.58. The van der Waals surface area contributed by atoms with Gasteiger partial charge in [-0.25, -0.2) is 4.79 Å². The van der Waals surface area contributed by atoms with Crippen molar-refractivity contribution in [2.45, 2.75) is 11.5 Å². The highest BCUT2D eigenvalue weighted by Gasteiger charge is 2.09. The molecule has 2 aromatic carbocycles. The number of nitrogens with one attached hydrogen (secondary N) is 2. The number of anilines is 2. The topological polar surface area (TPSA) is 76.1 Å². The fourth-order valence-corrected chi connectivity index (χ4v) is 4.29. The number of hydrogen-bond acceptors (Lipinski definition) is 6. The molecule has 1 heterocycles. The van der Waals surface area contributed by atoms with Crippen LogP contribution in [0.25, 0.3) is 0 Å². The SMILES string of the molecule is COc1cccc(NC(=O)Nc2nnc(CSCc3ccccc3Cl)s2)c1. The molecule has 2 N–H and O–H groups in total. The van der Waals surface area contributed by atoms with Crippen LogP contribution >= 0.6 is 34.7 Å². The molecule has 0 aliphatic carbocycles. The molecule has 2 amide bonds. The third-order valence-electron chi connectivity index (χ3n) is 3.46. The molecule has 0 spiro atoms. The Hall–Kier alpha value is -2.29. The van der Waals surface area contributed by atoms with Gasteiger partial charge in [-0.3, -0.25) is 5.32 Å². The Balaban J connectivity index is 1.48. The van der Waals surface area contributed by atoms with E-state index in [0.717, 1.165) is 21.3 Å². The lowest BCUT2D eigenvalue weighted by atomic mass is 10.2. The highest BCUT2D eigenvalue weighted by Crippen LogP contribution is 2.25. The van der Waals surface area contributed by atoms with Gasteiger partial charge >= 0.3 is 6.03 Å². The van der Waals surface area contributed by atoms with Crippen LogP contribution in [0.2, 0.25) is 5.02 Å². The number of aromatic nitrogens is 2. The number of benzene rings is 2. The fraction of sp³-hybridized carbons (Fsp3) is 0.167. The molecular weight excluding hydrogens is 404 g/mol. The summed E-state index contributed by atoms with van der Waals surface area (Å²) in [5.74, 6) is 2.15. The molecule has 0 radical (unpaired) electrons. The second-order valence-corrected chi connectivity index (χ2v) is 7.85. The summed E-state index contributed by atoms with van der Waals surface area (Å²) in [6, 6.07) is 14.5. The third-order valence-corrected chi connectivity index (χ3v) is 5.84. The van der Waals surface area contributed by atoms with E-state index < -0.39 is 0 Å². The summed E-state index contributed by atoms with van der Waals surface area (Å²) in [6.45, 7) is 0. The summed E-state index contributed by atoms with van der Waals surface area (Å²) in [5, 5.41) is 15.6. The van der Waals surface area contributed by atoms with Crippen molar-refractivity contribution in [1.82, 2.24) is 10.2 Å². The average molecular weight is 421 g/mol. The van der Waals surface area contributed by atoms with Gasteiger partial charge in [0.2, 0.25) is 5.13 Å². The molecule has 0 saturated carbocycles. The molecule has 3 rings (SSSR count). The Bertz CT molecular complexity index is 920. The molecule has 6 nitrogen and oxygen atoms in total. The van der Waals surface area contributed by atoms with Gasteiger partial charge in [0.05, 0.1) is 7.11 Å². The van der Waals surface area contributed by atoms with Gasteiger partial charge in [0.15, 0.2) is 0 Å². The first-order chi connectivity index (χ1) is 13.1. The second-order valence-electron chi connectivity index (χ2n) is 5.40. The highest BCUT2D eigenvalue weighted by atomic mass is 35.5. The summed E-state index contributed by atoms with van der Waals surface area (Å²) < 4.78 is 5.13. The van der Waals surface area contributed by atoms with Crippen LogP contribution in [0.1, 0.15) is 10.6 Å². The molecule has 0 aliphatic rings. The van der Waals surface area contributed by atoms with Crippen LogP contribution in [0.3, 0.4) is 0 Å². The maximum Gasteiger partial charge on any atom is 0.325 e. The number of carbonyl (C=O) groups is 1. The van der Waals surface area contributed by atoms with E-state index in [1.165, 1.54) is 11.3 Å². The summed E-state index contributed by atoms with van der Waals surface area (Å²) in [5.41, 5.74) is 1.72. The van der Waals surface area contributed by atoms with E-state index in [4.69, 9.17) is 16.3 Å². The van der Waals surface area contributed by atoms with Gasteiger partial charge in [-0.15, -0.1) is 22.0 Å². The average Bonchev–Trinajstić information content (AvgIpc) is 3.10. The number of methoxy groups -OCH3 is 1. The Morgan fingerprint density at radius 3 is 2.81 bits per heavy atom. The Morgan fingerprint density at radius 1 is 1.15 bits per heavy atom. The molecule has 0 unspecified atom stereocenters. The van der Waals surface area contributed by atoms with Crippen molar-refractivity contribution in [2.24, 2.45) is 0 Å². The van der Waals surface area contributed by atoms with Crippen molar-refractivity contribution in [3.63, 3.8) is 0 Å². The van der Waals surface area contributed by atoms with E-state index >= 15 is 0 Å². The maximum atomic E-state index is 12.1. The molecular formula is C18H17ClN4O2S2. The summed E-state index contributed by atoms with van der Waals surface area (Å²) >= 11 is 9.19. The van der Waals surface area contributed by atoms with Crippen molar-refractivity contribution in [3.8, 4) is 5.75 Å². The van der Waals surface area contributed by atoms with Crippen LogP contribution in [0, 0.1) is 0 Å². The molecule has 1 aromatic heterocycles. The van der Waals surface area contributed by atoms with Gasteiger partial charge in [0.25, 0.3) is 0 Å². The van der Waals surface area contributed by atoms with Crippen LogP contribution in [0.5, 0.6) is 5.75 Å². The smallest absolute Gasteiger partial charge is 0.325 e. The van der Waals surface area contributed by atoms with Gasteiger partial charge in [-0.2, -0.15) is 0 Å². The fourth-order valence-electron chi connectivity index (χ4n) is 2.19. The molecule has 0 atom stereocenters. The maximum absolute atomic E-state index is 12.1. The van der Waals surface area contributed by atoms with E-state index in [2.05, 4.69) is 20.8 Å². The third kappa shape index (κ3) is 5.85. The predicted octanol–water partition coefficient (Wildman–Crippen LogP) is 5.28. The predicted molar refractivity (Wildman–Crippen MR) is 112 cm³/mol. The molecule has 27 heavy (non-hydrogen) atoms. The summed E-state index contributed by atoms with van der Waals surface area (Å²) in [4.78, 5) is 12.1. The van der Waals surface area contributed by atoms with Crippen molar-refractivity contribution < 1.29 is 9.53 Å². The zero-order valence-electron chi connectivity index (χ0n) is 14.4. The van der Waals surface area contributed by atoms with Gasteiger partial charge < -0.3 is 10.1 Å². The van der Waals surface area contributed by atoms with Crippen molar-refractivity contribution in [3.05, 3.63) is 64.1 Å². The Morgan fingerprint density at radius 2 is 2.00 bits per heavy atom. The van der Waals surface area contributed by atoms with E-state index in [0.29, 0.717) is 22.3 Å². The van der Waals surface area contributed by atoms with Crippen LogP contribution in [-0.2, 0) is 11.5 Å². The number of rotatable bonds is 7. The number of hydrogen-bond donors (Lipinski definition) is 2. The summed E-state index contributed by atoms with van der Waals surface area (Å²) in [6.07, 6.45) is 0. The van der Waals surface area contributed by atoms with Crippen molar-refractivity contribution in [1.29, 1.82) is 0 Å². The molecule has 0 fully saturated rings. The minimum atomic E-state index is -0.380. The lowest BCUT2D eigenvalue weighted by Crippen LogP contribution is -2.19. The molecule has 0 saturated heterocycles. The zero-order valence-corrected chi connectivity index (χ0v) is 16.8. The van der Waals surface area contributed by atoms with Crippen LogP contribution < -0.4 is 15.4 Å². The lowest BCUT2D eigenvalue weighted by molar-refractivity contribution is 0.262. The van der Waals surface area contributed by atoms with Crippen LogP contribution in [0.4, 0.5) is 15.6 Å². The molecule has 9 heteroatoms. The Kier molecular flexibility index (Phi) is 6.92. The Labute approximate surface area is 170 Å². The number of carbonyl (C=O) groups excluding carboxylic acids is 1. The lowest BCUT2D eigenvalue weighted by Gasteiger charge is -2.06. The van der Waals surface area contributed by atoms with Gasteiger partial charge in [-0.05, 0) is 23.8 Å². The quantitative estimate of drug-likeness (QED) is 0.544. The molecule has 140 valence electrons. The zero-order chi connectivity index (χ0) is 19.1. The first-order valence-corrected chi connectivity index (χ1v) is 10.3. The van der Waals surface area contributed by atoms with Gasteiger partial charge in [0, 0.05) is 28.3 Å². The van der Waals surface area contributed by atoms with E-state index in [9.17, 15) is 4.79 Å². The first-order valence-electron chi connectivity index (χ1n) is 7.99. The minimum absolute atomic E-state index is 0.380. The molecule has 3 aromatic rings. The number of thioether (sulfide) groups is 1. The van der Waals surface area contributed by atoms with Crippen LogP contribution in [-0.4, -0.2) is 23.3 Å². The van der Waals surface area contributed by atoms with Crippen molar-refractivity contribution >= 4 is 51.5 Å². The normalized spacial score (nSPS) is 10.4. The van der Waals surface area contributed by atoms with Crippen molar-refractivity contribution in [2.75, 3.05) is 17.7 Å². The number of urea groups is 1. The van der Waals surface area contributed by atoms with Gasteiger partial charge in [0.1, 0.15) is 10.8 Å². The number of nitrogens with zero attached hydrogens (tertiary/aromatic N) is 2. The van der Waals surface area contributed by atoms with Gasteiger partial charge in [-0.1, -0.05) is 47.2 Å². The molecule has 0 aliphatic heterocycles.